The van der Waals surface area contributed by atoms with Crippen LogP contribution >= 0.6 is 0 Å². The topological polar surface area (TPSA) is 87.6 Å². The summed E-state index contributed by atoms with van der Waals surface area (Å²) in [6.45, 7) is 0. The first kappa shape index (κ1) is 14.7. The van der Waals surface area contributed by atoms with Crippen molar-refractivity contribution in [1.29, 1.82) is 0 Å². The predicted molar refractivity (Wildman–Crippen MR) is 50.2 cm³/mol. The second kappa shape index (κ2) is 5.09. The van der Waals surface area contributed by atoms with E-state index < -0.39 is 51.2 Å². The Bertz CT molecular complexity index is 521. The van der Waals surface area contributed by atoms with E-state index in [0.29, 0.717) is 0 Å². The molecule has 1 heterocycles. The smallest absolute Gasteiger partial charge is 0.309 e. The zero-order valence-electron chi connectivity index (χ0n) is 8.73. The molecule has 0 atom stereocenters. The van der Waals surface area contributed by atoms with Crippen LogP contribution in [-0.2, 0) is 0 Å². The normalized spacial score (nSPS) is 13.5. The zero-order valence-corrected chi connectivity index (χ0v) is 8.73. The van der Waals surface area contributed by atoms with Gasteiger partial charge in [-0.1, -0.05) is 14.2 Å². The van der Waals surface area contributed by atoms with Crippen molar-refractivity contribution >= 4 is 17.4 Å². The number of fused-ring (bicyclic) bond motifs is 1. The van der Waals surface area contributed by atoms with Crippen LogP contribution in [0.2, 0.25) is 0 Å². The molecule has 2 rings (SSSR count). The molecule has 19 heavy (non-hydrogen) atoms. The van der Waals surface area contributed by atoms with E-state index in [-0.39, 0.29) is 0 Å². The lowest BCUT2D eigenvalue weighted by Gasteiger charge is -2.08. The van der Waals surface area contributed by atoms with Gasteiger partial charge >= 0.3 is 6.03 Å². The molecule has 1 aromatic carbocycles. The summed E-state index contributed by atoms with van der Waals surface area (Å²) in [6, 6.07) is -0.833. The molecular weight excluding hydrogens is 284 g/mol. The van der Waals surface area contributed by atoms with Crippen molar-refractivity contribution in [2.75, 3.05) is 10.7 Å². The number of urea groups is 1. The van der Waals surface area contributed by atoms with Crippen LogP contribution in [0.15, 0.2) is 0 Å². The first-order valence-corrected chi connectivity index (χ1v) is 4.27. The number of nitrogens with two attached hydrogens (primary N) is 2. The van der Waals surface area contributed by atoms with E-state index in [1.54, 1.807) is 0 Å². The maximum atomic E-state index is 12.9. The van der Waals surface area contributed by atoms with Gasteiger partial charge in [-0.05, 0) is 0 Å². The second-order valence-corrected chi connectivity index (χ2v) is 3.01. The van der Waals surface area contributed by atoms with Gasteiger partial charge < -0.3 is 11.5 Å². The van der Waals surface area contributed by atoms with Gasteiger partial charge in [0.2, 0.25) is 0 Å². The quantitative estimate of drug-likeness (QED) is 0.291. The van der Waals surface area contributed by atoms with Crippen molar-refractivity contribution in [1.82, 2.24) is 5.34 Å². The van der Waals surface area contributed by atoms with E-state index in [1.165, 1.54) is 5.43 Å². The summed E-state index contributed by atoms with van der Waals surface area (Å²) in [5.41, 5.74) is 7.27. The number of anilines is 2. The molecule has 0 fully saturated rings. The van der Waals surface area contributed by atoms with Crippen molar-refractivity contribution in [3.05, 3.63) is 23.3 Å². The number of hydrogen-bond donors (Lipinski definition) is 3. The number of hydrogen-bond acceptors (Lipinski definition) is 4. The van der Waals surface area contributed by atoms with Crippen LogP contribution in [0.4, 0.5) is 42.7 Å². The standard InChI is InChI=1S/C6HF6N3.CH4N2O/c7-1-2(8)4(10)6-5(3(1)9)13-15(12)14(6)11;2-1(3)4/h13H;(H4,2,3,4). The van der Waals surface area contributed by atoms with Crippen LogP contribution in [0.3, 0.4) is 0 Å². The molecule has 0 bridgehead atoms. The number of hydrazine groups is 2. The second-order valence-electron chi connectivity index (χ2n) is 3.01. The molecule has 0 aliphatic carbocycles. The highest BCUT2D eigenvalue weighted by molar-refractivity contribution is 5.73. The number of benzene rings is 1. The Morgan fingerprint density at radius 1 is 0.947 bits per heavy atom. The minimum atomic E-state index is -2.22. The highest BCUT2D eigenvalue weighted by Gasteiger charge is 2.38. The molecule has 12 heteroatoms. The lowest BCUT2D eigenvalue weighted by atomic mass is 10.2. The number of carbonyl (C=O) groups excluding carboxylic acids is 1. The molecule has 0 aromatic heterocycles. The molecule has 1 aliphatic rings. The summed E-state index contributed by atoms with van der Waals surface area (Å²) >= 11 is 0. The average molecular weight is 289 g/mol. The van der Waals surface area contributed by atoms with Gasteiger partial charge in [0.15, 0.2) is 29.0 Å². The Balaban J connectivity index is 0.000000399. The monoisotopic (exact) mass is 289 g/mol. The number of nitrogens with zero attached hydrogens (tertiary/aromatic N) is 2. The molecule has 0 unspecified atom stereocenters. The number of rotatable bonds is 0. The van der Waals surface area contributed by atoms with Crippen LogP contribution in [0.1, 0.15) is 0 Å². The number of primary amides is 2. The lowest BCUT2D eigenvalue weighted by Crippen LogP contribution is -2.27. The van der Waals surface area contributed by atoms with Crippen molar-refractivity contribution in [2.24, 2.45) is 11.5 Å². The Labute approximate surface area is 101 Å². The van der Waals surface area contributed by atoms with Gasteiger partial charge in [-0.15, -0.1) is 0 Å². The summed E-state index contributed by atoms with van der Waals surface area (Å²) < 4.78 is 76.0. The fourth-order valence-corrected chi connectivity index (χ4v) is 1.12. The minimum absolute atomic E-state index is 0.833. The van der Waals surface area contributed by atoms with Crippen LogP contribution < -0.4 is 22.1 Å². The van der Waals surface area contributed by atoms with E-state index >= 15 is 0 Å². The zero-order chi connectivity index (χ0) is 14.9. The molecule has 0 radical (unpaired) electrons. The fraction of sp³-hybridized carbons (Fsp3) is 0. The molecule has 5 N–H and O–H groups in total. The fourth-order valence-electron chi connectivity index (χ4n) is 1.12. The van der Waals surface area contributed by atoms with E-state index in [2.05, 4.69) is 11.5 Å². The van der Waals surface area contributed by atoms with Crippen molar-refractivity contribution in [3.8, 4) is 0 Å². The van der Waals surface area contributed by atoms with Crippen LogP contribution in [-0.4, -0.2) is 11.4 Å². The van der Waals surface area contributed by atoms with Gasteiger partial charge in [0.25, 0.3) is 0 Å². The Kier molecular flexibility index (Phi) is 3.94. The summed E-state index contributed by atoms with van der Waals surface area (Å²) in [5, 5.41) is -1.99. The van der Waals surface area contributed by atoms with E-state index in [4.69, 9.17) is 4.79 Å². The Morgan fingerprint density at radius 2 is 1.37 bits per heavy atom. The molecule has 2 amide bonds. The van der Waals surface area contributed by atoms with Crippen molar-refractivity contribution in [3.63, 3.8) is 0 Å². The highest BCUT2D eigenvalue weighted by Crippen LogP contribution is 2.41. The number of carbonyl (C=O) groups is 1. The number of amides is 2. The molecular formula is C7H5F6N5O. The predicted octanol–water partition coefficient (Wildman–Crippen LogP) is 1.40. The molecule has 6 nitrogen and oxygen atoms in total. The summed E-state index contributed by atoms with van der Waals surface area (Å²) in [7, 11) is 0. The van der Waals surface area contributed by atoms with Gasteiger partial charge in [-0.25, -0.2) is 22.4 Å². The highest BCUT2D eigenvalue weighted by atomic mass is 19.2. The lowest BCUT2D eigenvalue weighted by molar-refractivity contribution is -0.00522. The van der Waals surface area contributed by atoms with Crippen molar-refractivity contribution in [2.45, 2.75) is 0 Å². The van der Waals surface area contributed by atoms with Gasteiger partial charge in [0.1, 0.15) is 5.69 Å². The van der Waals surface area contributed by atoms with Crippen LogP contribution in [0.5, 0.6) is 0 Å². The maximum Gasteiger partial charge on any atom is 0.309 e. The van der Waals surface area contributed by atoms with Gasteiger partial charge in [0.05, 0.1) is 5.34 Å². The summed E-state index contributed by atoms with van der Waals surface area (Å²) in [4.78, 5) is 9.00. The molecule has 1 aromatic rings. The Morgan fingerprint density at radius 3 is 1.84 bits per heavy atom. The summed E-state index contributed by atoms with van der Waals surface area (Å²) in [5.74, 6) is -8.31. The molecule has 0 spiro atoms. The van der Waals surface area contributed by atoms with Gasteiger partial charge in [-0.3, -0.25) is 5.43 Å². The first-order valence-electron chi connectivity index (χ1n) is 4.27. The van der Waals surface area contributed by atoms with Crippen LogP contribution in [0.25, 0.3) is 0 Å². The largest absolute Gasteiger partial charge is 0.352 e. The molecule has 0 saturated carbocycles. The summed E-state index contributed by atoms with van der Waals surface area (Å²) in [6.07, 6.45) is 0. The van der Waals surface area contributed by atoms with Crippen LogP contribution in [0, 0.1) is 23.3 Å². The van der Waals surface area contributed by atoms with Gasteiger partial charge in [-0.2, -0.15) is 0 Å². The Hall–Kier alpha value is -2.37. The molecule has 1 aliphatic heterocycles. The number of halogens is 6. The van der Waals surface area contributed by atoms with E-state index in [9.17, 15) is 26.5 Å². The van der Waals surface area contributed by atoms with Gasteiger partial charge in [0, 0.05) is 0 Å². The SMILES string of the molecule is Fc1c(F)c(F)c2c(c1F)NN(F)N2F.NC(N)=O. The third-order valence-electron chi connectivity index (χ3n) is 1.79. The molecule has 0 saturated heterocycles. The maximum absolute atomic E-state index is 12.9. The van der Waals surface area contributed by atoms with E-state index in [1.807, 2.05) is 0 Å². The average Bonchev–Trinajstić information content (AvgIpc) is 2.60. The first-order chi connectivity index (χ1) is 8.68. The molecule has 106 valence electrons. The van der Waals surface area contributed by atoms with Crippen molar-refractivity contribution < 1.29 is 31.3 Å². The third kappa shape index (κ3) is 2.57. The third-order valence-corrected chi connectivity index (χ3v) is 1.79. The minimum Gasteiger partial charge on any atom is -0.352 e. The van der Waals surface area contributed by atoms with E-state index in [0.717, 1.165) is 0 Å². The number of nitrogens with one attached hydrogen (secondary N) is 1.